The molecule has 4 rings (SSSR count). The van der Waals surface area contributed by atoms with E-state index in [0.29, 0.717) is 12.8 Å². The van der Waals surface area contributed by atoms with Gasteiger partial charge in [-0.05, 0) is 47.1 Å². The van der Waals surface area contributed by atoms with Crippen LogP contribution >= 0.6 is 0 Å². The summed E-state index contributed by atoms with van der Waals surface area (Å²) in [7, 11) is 1.20. The van der Waals surface area contributed by atoms with Gasteiger partial charge < -0.3 is 45.0 Å². The normalized spacial score (nSPS) is 13.8. The van der Waals surface area contributed by atoms with Crippen molar-refractivity contribution in [2.24, 2.45) is 5.92 Å². The Hall–Kier alpha value is -5.79. The van der Waals surface area contributed by atoms with E-state index in [-0.39, 0.29) is 44.8 Å². The highest BCUT2D eigenvalue weighted by molar-refractivity contribution is 5.81. The maximum absolute atomic E-state index is 13.0. The molecule has 0 fully saturated rings. The van der Waals surface area contributed by atoms with Crippen molar-refractivity contribution in [3.05, 3.63) is 95.6 Å². The number of benzene rings is 3. The van der Waals surface area contributed by atoms with E-state index in [9.17, 15) is 24.0 Å². The van der Waals surface area contributed by atoms with Crippen LogP contribution in [0.5, 0.6) is 0 Å². The molecule has 0 aliphatic heterocycles. The van der Waals surface area contributed by atoms with Gasteiger partial charge >= 0.3 is 30.3 Å². The SMILES string of the molecule is CC[C@H](C)[C@@H](COC(=O)N[C@H](COC(=O)NCCOC(=O)N[C@@H](C)C(=O)OC)Cc1ccccc1)NC(=O)OCC1c2ccccc2-c2ccccc21. The molecule has 4 amide bonds. The number of ether oxygens (including phenoxy) is 5. The first-order valence-electron chi connectivity index (χ1n) is 17.6. The number of carbonyl (C=O) groups is 5. The topological polar surface area (TPSA) is 180 Å². The van der Waals surface area contributed by atoms with Gasteiger partial charge in [-0.3, -0.25) is 0 Å². The van der Waals surface area contributed by atoms with Crippen molar-refractivity contribution in [2.75, 3.05) is 40.1 Å². The Morgan fingerprint density at radius 1 is 0.679 bits per heavy atom. The Labute approximate surface area is 309 Å². The van der Waals surface area contributed by atoms with Crippen LogP contribution in [-0.2, 0) is 34.9 Å². The molecule has 0 saturated carbocycles. The molecule has 0 radical (unpaired) electrons. The number of carbonyl (C=O) groups excluding carboxylic acids is 5. The number of nitrogens with one attached hydrogen (secondary N) is 4. The van der Waals surface area contributed by atoms with Gasteiger partial charge in [0.2, 0.25) is 0 Å². The minimum atomic E-state index is -0.898. The van der Waals surface area contributed by atoms with Crippen molar-refractivity contribution in [3.8, 4) is 11.1 Å². The molecule has 3 aromatic rings. The molecule has 0 aromatic heterocycles. The van der Waals surface area contributed by atoms with E-state index in [4.69, 9.17) is 18.9 Å². The van der Waals surface area contributed by atoms with Crippen LogP contribution in [0.2, 0.25) is 0 Å². The second-order valence-electron chi connectivity index (χ2n) is 12.6. The van der Waals surface area contributed by atoms with Crippen LogP contribution < -0.4 is 21.3 Å². The first-order valence-corrected chi connectivity index (χ1v) is 17.6. The summed E-state index contributed by atoms with van der Waals surface area (Å²) in [4.78, 5) is 61.7. The third-order valence-corrected chi connectivity index (χ3v) is 8.93. The highest BCUT2D eigenvalue weighted by Gasteiger charge is 2.30. The Morgan fingerprint density at radius 2 is 1.26 bits per heavy atom. The Balaban J connectivity index is 1.25. The lowest BCUT2D eigenvalue weighted by atomic mass is 9.98. The van der Waals surface area contributed by atoms with Crippen LogP contribution in [-0.4, -0.2) is 88.5 Å². The quantitative estimate of drug-likeness (QED) is 0.0810. The molecule has 1 aliphatic carbocycles. The van der Waals surface area contributed by atoms with Gasteiger partial charge in [-0.1, -0.05) is 99.1 Å². The van der Waals surface area contributed by atoms with Gasteiger partial charge in [0.1, 0.15) is 32.5 Å². The summed E-state index contributed by atoms with van der Waals surface area (Å²) in [5.74, 6) is -0.764. The predicted molar refractivity (Wildman–Crippen MR) is 195 cm³/mol. The maximum Gasteiger partial charge on any atom is 0.407 e. The summed E-state index contributed by atoms with van der Waals surface area (Å²) >= 11 is 0. The molecule has 3 aromatic carbocycles. The average molecular weight is 733 g/mol. The molecule has 0 bridgehead atoms. The summed E-state index contributed by atoms with van der Waals surface area (Å²) in [6, 6.07) is 23.4. The van der Waals surface area contributed by atoms with Crippen molar-refractivity contribution in [1.29, 1.82) is 0 Å². The van der Waals surface area contributed by atoms with Gasteiger partial charge in [0.05, 0.1) is 25.7 Å². The van der Waals surface area contributed by atoms with E-state index in [1.54, 1.807) is 0 Å². The molecule has 0 spiro atoms. The molecule has 14 nitrogen and oxygen atoms in total. The first kappa shape index (κ1) is 40.0. The van der Waals surface area contributed by atoms with Crippen LogP contribution in [0.4, 0.5) is 19.2 Å². The zero-order chi connectivity index (χ0) is 38.2. The Bertz CT molecular complexity index is 1640. The molecule has 4 atom stereocenters. The molecule has 0 unspecified atom stereocenters. The standard InChI is InChI=1S/C39H48N4O10/c1-5-25(2)34(43-39(48)52-23-33-31-17-11-9-15-29(31)30-16-10-12-18-32(30)33)24-53-38(47)42-28(21-27-13-7-6-8-14-27)22-51-36(45)40-19-20-50-37(46)41-26(3)35(44)49-4/h6-18,25-26,28,33-34H,5,19-24H2,1-4H3,(H,40,45)(H,41,46)(H,42,47)(H,43,48)/t25-,26-,28-,34+/m0/s1. The summed E-state index contributed by atoms with van der Waals surface area (Å²) < 4.78 is 26.1. The lowest BCUT2D eigenvalue weighted by Crippen LogP contribution is -2.46. The number of esters is 1. The third kappa shape index (κ3) is 12.2. The number of rotatable bonds is 17. The fourth-order valence-corrected chi connectivity index (χ4v) is 5.83. The zero-order valence-electron chi connectivity index (χ0n) is 30.4. The van der Waals surface area contributed by atoms with Crippen LogP contribution in [0.1, 0.15) is 49.8 Å². The van der Waals surface area contributed by atoms with Crippen molar-refractivity contribution in [3.63, 3.8) is 0 Å². The van der Waals surface area contributed by atoms with E-state index in [1.165, 1.54) is 14.0 Å². The number of hydrogen-bond acceptors (Lipinski definition) is 10. The van der Waals surface area contributed by atoms with Crippen molar-refractivity contribution in [2.45, 2.75) is 57.7 Å². The lowest BCUT2D eigenvalue weighted by molar-refractivity contribution is -0.142. The van der Waals surface area contributed by atoms with Crippen molar-refractivity contribution < 1.29 is 47.7 Å². The summed E-state index contributed by atoms with van der Waals surface area (Å²) in [5, 5.41) is 10.4. The number of amides is 4. The smallest absolute Gasteiger partial charge is 0.407 e. The fraction of sp³-hybridized carbons (Fsp3) is 0.410. The molecule has 53 heavy (non-hydrogen) atoms. The van der Waals surface area contributed by atoms with Gasteiger partial charge in [0, 0.05) is 5.92 Å². The molecule has 284 valence electrons. The highest BCUT2D eigenvalue weighted by Crippen LogP contribution is 2.44. The van der Waals surface area contributed by atoms with Crippen molar-refractivity contribution in [1.82, 2.24) is 21.3 Å². The molecule has 0 heterocycles. The minimum absolute atomic E-state index is 0.0401. The van der Waals surface area contributed by atoms with E-state index in [2.05, 4.69) is 38.1 Å². The average Bonchev–Trinajstić information content (AvgIpc) is 3.49. The zero-order valence-corrected chi connectivity index (χ0v) is 30.4. The first-order chi connectivity index (χ1) is 25.6. The van der Waals surface area contributed by atoms with Crippen molar-refractivity contribution >= 4 is 30.3 Å². The van der Waals surface area contributed by atoms with Gasteiger partial charge in [-0.2, -0.15) is 0 Å². The Morgan fingerprint density at radius 3 is 1.91 bits per heavy atom. The number of alkyl carbamates (subject to hydrolysis) is 4. The van der Waals surface area contributed by atoms with Gasteiger partial charge in [0.25, 0.3) is 0 Å². The number of fused-ring (bicyclic) bond motifs is 3. The lowest BCUT2D eigenvalue weighted by Gasteiger charge is -2.25. The van der Waals surface area contributed by atoms with E-state index < -0.39 is 48.5 Å². The molecule has 1 aliphatic rings. The number of methoxy groups -OCH3 is 1. The molecular formula is C39H48N4O10. The van der Waals surface area contributed by atoms with Crippen LogP contribution in [0.15, 0.2) is 78.9 Å². The van der Waals surface area contributed by atoms with Crippen LogP contribution in [0.25, 0.3) is 11.1 Å². The van der Waals surface area contributed by atoms with Crippen LogP contribution in [0.3, 0.4) is 0 Å². The van der Waals surface area contributed by atoms with Gasteiger partial charge in [0.15, 0.2) is 0 Å². The van der Waals surface area contributed by atoms with Gasteiger partial charge in [-0.25, -0.2) is 24.0 Å². The fourth-order valence-electron chi connectivity index (χ4n) is 5.83. The minimum Gasteiger partial charge on any atom is -0.467 e. The summed E-state index contributed by atoms with van der Waals surface area (Å²) in [5.41, 5.74) is 5.36. The second-order valence-corrected chi connectivity index (χ2v) is 12.6. The second kappa shape index (κ2) is 20.3. The molecule has 4 N–H and O–H groups in total. The summed E-state index contributed by atoms with van der Waals surface area (Å²) in [6.45, 7) is 4.95. The molecule has 0 saturated heterocycles. The monoisotopic (exact) mass is 732 g/mol. The van der Waals surface area contributed by atoms with E-state index in [0.717, 1.165) is 27.8 Å². The predicted octanol–water partition coefficient (Wildman–Crippen LogP) is 5.29. The van der Waals surface area contributed by atoms with E-state index in [1.807, 2.05) is 80.6 Å². The molecule has 14 heteroatoms. The maximum atomic E-state index is 13.0. The highest BCUT2D eigenvalue weighted by atomic mass is 16.6. The third-order valence-electron chi connectivity index (χ3n) is 8.93. The van der Waals surface area contributed by atoms with Gasteiger partial charge in [-0.15, -0.1) is 0 Å². The Kier molecular flexibility index (Phi) is 15.3. The summed E-state index contributed by atoms with van der Waals surface area (Å²) in [6.07, 6.45) is -1.97. The number of hydrogen-bond donors (Lipinski definition) is 4. The van der Waals surface area contributed by atoms with E-state index >= 15 is 0 Å². The largest absolute Gasteiger partial charge is 0.467 e. The molecular weight excluding hydrogens is 684 g/mol. The van der Waals surface area contributed by atoms with Crippen LogP contribution in [0, 0.1) is 5.92 Å².